The fourth-order valence-electron chi connectivity index (χ4n) is 4.74. The van der Waals surface area contributed by atoms with Crippen molar-refractivity contribution in [3.05, 3.63) is 53.1 Å². The molecule has 1 aliphatic carbocycles. The van der Waals surface area contributed by atoms with Crippen molar-refractivity contribution in [1.29, 1.82) is 0 Å². The van der Waals surface area contributed by atoms with Crippen LogP contribution in [-0.4, -0.2) is 57.4 Å². The zero-order valence-corrected chi connectivity index (χ0v) is 19.6. The van der Waals surface area contributed by atoms with Crippen LogP contribution in [0.1, 0.15) is 40.7 Å². The summed E-state index contributed by atoms with van der Waals surface area (Å²) in [6.07, 6.45) is 3.70. The van der Waals surface area contributed by atoms with Crippen molar-refractivity contribution in [3.8, 4) is 11.5 Å². The summed E-state index contributed by atoms with van der Waals surface area (Å²) >= 11 is 0. The van der Waals surface area contributed by atoms with Crippen LogP contribution in [0.4, 0.5) is 0 Å². The number of carbonyl (C=O) groups excluding carboxylic acids is 2. The molecule has 3 aliphatic rings. The van der Waals surface area contributed by atoms with E-state index in [4.69, 9.17) is 14.2 Å². The molecule has 0 aromatic heterocycles. The van der Waals surface area contributed by atoms with Crippen LogP contribution in [0, 0.1) is 5.92 Å². The Kier molecular flexibility index (Phi) is 6.31. The molecule has 0 amide bonds. The number of ketones is 1. The molecular weight excluding hydrogens is 458 g/mol. The lowest BCUT2D eigenvalue weighted by Crippen LogP contribution is -2.40. The first-order valence-electron chi connectivity index (χ1n) is 11.6. The van der Waals surface area contributed by atoms with Gasteiger partial charge in [0.2, 0.25) is 10.0 Å². The number of fused-ring (bicyclic) bond motifs is 2. The van der Waals surface area contributed by atoms with Crippen LogP contribution < -0.4 is 9.47 Å². The average Bonchev–Trinajstić information content (AvgIpc) is 3.35. The number of hydrogen-bond acceptors (Lipinski definition) is 7. The van der Waals surface area contributed by atoms with Crippen molar-refractivity contribution in [2.45, 2.75) is 37.0 Å². The number of rotatable bonds is 6. The van der Waals surface area contributed by atoms with E-state index < -0.39 is 21.9 Å². The van der Waals surface area contributed by atoms with Gasteiger partial charge in [-0.3, -0.25) is 9.59 Å². The Morgan fingerprint density at radius 2 is 1.68 bits per heavy atom. The van der Waals surface area contributed by atoms with E-state index in [-0.39, 0.29) is 25.5 Å². The van der Waals surface area contributed by atoms with E-state index in [0.717, 1.165) is 24.8 Å². The number of esters is 1. The number of aryl methyl sites for hydroxylation is 2. The van der Waals surface area contributed by atoms with E-state index >= 15 is 0 Å². The maximum atomic E-state index is 13.1. The lowest BCUT2D eigenvalue weighted by atomic mass is 9.98. The summed E-state index contributed by atoms with van der Waals surface area (Å²) in [4.78, 5) is 25.3. The molecule has 8 nitrogen and oxygen atoms in total. The van der Waals surface area contributed by atoms with Crippen LogP contribution in [0.5, 0.6) is 11.5 Å². The van der Waals surface area contributed by atoms with E-state index in [2.05, 4.69) is 0 Å². The SMILES string of the molecule is O=C(COC(=O)C1CCN(S(=O)(=O)c2ccc3c(c2)CCC3)CC1)c1ccc2c(c1)OCCO2. The maximum Gasteiger partial charge on any atom is 0.309 e. The lowest BCUT2D eigenvalue weighted by Gasteiger charge is -2.30. The van der Waals surface area contributed by atoms with Crippen LogP contribution in [-0.2, 0) is 32.4 Å². The Morgan fingerprint density at radius 1 is 0.941 bits per heavy atom. The molecule has 0 radical (unpaired) electrons. The van der Waals surface area contributed by atoms with Gasteiger partial charge in [0.1, 0.15) is 13.2 Å². The summed E-state index contributed by atoms with van der Waals surface area (Å²) in [5.41, 5.74) is 2.72. The molecule has 2 aromatic rings. The molecule has 2 heterocycles. The maximum absolute atomic E-state index is 13.1. The second-order valence-electron chi connectivity index (χ2n) is 8.85. The summed E-state index contributed by atoms with van der Waals surface area (Å²) in [5.74, 6) is -0.149. The molecule has 1 fully saturated rings. The highest BCUT2D eigenvalue weighted by atomic mass is 32.2. The minimum atomic E-state index is -3.60. The lowest BCUT2D eigenvalue weighted by molar-refractivity contribution is -0.148. The van der Waals surface area contributed by atoms with Crippen LogP contribution in [0.15, 0.2) is 41.3 Å². The van der Waals surface area contributed by atoms with Crippen molar-refractivity contribution >= 4 is 21.8 Å². The summed E-state index contributed by atoms with van der Waals surface area (Å²) < 4.78 is 43.8. The van der Waals surface area contributed by atoms with Crippen molar-refractivity contribution in [1.82, 2.24) is 4.31 Å². The Labute approximate surface area is 198 Å². The molecule has 0 saturated carbocycles. The molecule has 0 spiro atoms. The first-order valence-corrected chi connectivity index (χ1v) is 13.1. The molecule has 9 heteroatoms. The molecule has 180 valence electrons. The van der Waals surface area contributed by atoms with E-state index in [1.807, 2.05) is 6.07 Å². The number of piperidine rings is 1. The monoisotopic (exact) mass is 485 g/mol. The first-order chi connectivity index (χ1) is 16.4. The summed E-state index contributed by atoms with van der Waals surface area (Å²) in [5, 5.41) is 0. The Balaban J connectivity index is 1.14. The molecule has 1 saturated heterocycles. The number of Topliss-reactive ketones (excluding diaryl/α,β-unsaturated/α-hetero) is 1. The van der Waals surface area contributed by atoms with Gasteiger partial charge in [-0.25, -0.2) is 8.42 Å². The second-order valence-corrected chi connectivity index (χ2v) is 10.8. The van der Waals surface area contributed by atoms with Gasteiger partial charge in [-0.15, -0.1) is 0 Å². The summed E-state index contributed by atoms with van der Waals surface area (Å²) in [6, 6.07) is 10.3. The van der Waals surface area contributed by atoms with Gasteiger partial charge in [0.05, 0.1) is 10.8 Å². The molecule has 2 aromatic carbocycles. The largest absolute Gasteiger partial charge is 0.486 e. The van der Waals surface area contributed by atoms with Gasteiger partial charge in [-0.1, -0.05) is 6.07 Å². The first kappa shape index (κ1) is 22.9. The molecular formula is C25H27NO7S. The standard InChI is InChI=1S/C25H27NO7S/c27-22(20-5-7-23-24(15-20)32-13-12-31-23)16-33-25(28)18-8-10-26(11-9-18)34(29,30)21-6-4-17-2-1-3-19(17)14-21/h4-7,14-15,18H,1-3,8-13,16H2. The highest BCUT2D eigenvalue weighted by Gasteiger charge is 2.33. The Morgan fingerprint density at radius 3 is 2.47 bits per heavy atom. The number of ether oxygens (including phenoxy) is 3. The van der Waals surface area contributed by atoms with E-state index in [1.165, 1.54) is 9.87 Å². The van der Waals surface area contributed by atoms with E-state index in [9.17, 15) is 18.0 Å². The number of carbonyl (C=O) groups is 2. The summed E-state index contributed by atoms with van der Waals surface area (Å²) in [6.45, 7) is 1.00. The third kappa shape index (κ3) is 4.54. The normalized spacial score (nSPS) is 18.4. The molecule has 0 bridgehead atoms. The number of sulfonamides is 1. The van der Waals surface area contributed by atoms with Gasteiger partial charge in [0.25, 0.3) is 0 Å². The number of hydrogen-bond donors (Lipinski definition) is 0. The van der Waals surface area contributed by atoms with Crippen molar-refractivity contribution in [3.63, 3.8) is 0 Å². The molecule has 0 unspecified atom stereocenters. The van der Waals surface area contributed by atoms with Crippen LogP contribution in [0.25, 0.3) is 0 Å². The van der Waals surface area contributed by atoms with Crippen LogP contribution in [0.2, 0.25) is 0 Å². The van der Waals surface area contributed by atoms with Crippen molar-refractivity contribution < 1.29 is 32.2 Å². The third-order valence-electron chi connectivity index (χ3n) is 6.70. The van der Waals surface area contributed by atoms with Gasteiger partial charge in [-0.2, -0.15) is 4.31 Å². The van der Waals surface area contributed by atoms with Gasteiger partial charge >= 0.3 is 5.97 Å². The fraction of sp³-hybridized carbons (Fsp3) is 0.440. The zero-order chi connectivity index (χ0) is 23.7. The second kappa shape index (κ2) is 9.38. The smallest absolute Gasteiger partial charge is 0.309 e. The van der Waals surface area contributed by atoms with Crippen LogP contribution >= 0.6 is 0 Å². The zero-order valence-electron chi connectivity index (χ0n) is 18.8. The molecule has 2 aliphatic heterocycles. The minimum absolute atomic E-state index is 0.245. The van der Waals surface area contributed by atoms with Gasteiger partial charge < -0.3 is 14.2 Å². The predicted octanol–water partition coefficient (Wildman–Crippen LogP) is 2.77. The quantitative estimate of drug-likeness (QED) is 0.458. The molecule has 5 rings (SSSR count). The number of nitrogens with zero attached hydrogens (tertiary/aromatic N) is 1. The third-order valence-corrected chi connectivity index (χ3v) is 8.60. The van der Waals surface area contributed by atoms with E-state index in [0.29, 0.717) is 48.0 Å². The fourth-order valence-corrected chi connectivity index (χ4v) is 6.27. The average molecular weight is 486 g/mol. The minimum Gasteiger partial charge on any atom is -0.486 e. The van der Waals surface area contributed by atoms with Crippen molar-refractivity contribution in [2.24, 2.45) is 5.92 Å². The van der Waals surface area contributed by atoms with Gasteiger partial charge in [0.15, 0.2) is 23.9 Å². The van der Waals surface area contributed by atoms with Gasteiger partial charge in [-0.05, 0) is 73.6 Å². The van der Waals surface area contributed by atoms with E-state index in [1.54, 1.807) is 30.3 Å². The Hall–Kier alpha value is -2.91. The Bertz CT molecular complexity index is 1220. The van der Waals surface area contributed by atoms with Gasteiger partial charge in [0, 0.05) is 18.7 Å². The topological polar surface area (TPSA) is 99.2 Å². The van der Waals surface area contributed by atoms with Crippen LogP contribution in [0.3, 0.4) is 0 Å². The molecule has 34 heavy (non-hydrogen) atoms. The highest BCUT2D eigenvalue weighted by Crippen LogP contribution is 2.31. The predicted molar refractivity (Wildman–Crippen MR) is 123 cm³/mol. The molecule has 0 atom stereocenters. The molecule has 0 N–H and O–H groups in total. The van der Waals surface area contributed by atoms with Crippen molar-refractivity contribution in [2.75, 3.05) is 32.9 Å². The summed E-state index contributed by atoms with van der Waals surface area (Å²) in [7, 11) is -3.60. The number of benzene rings is 2. The highest BCUT2D eigenvalue weighted by molar-refractivity contribution is 7.89.